The van der Waals surface area contributed by atoms with Crippen molar-refractivity contribution >= 4 is 33.4 Å². The van der Waals surface area contributed by atoms with E-state index in [-0.39, 0.29) is 12.5 Å². The van der Waals surface area contributed by atoms with Crippen LogP contribution in [0, 0.1) is 0 Å². The van der Waals surface area contributed by atoms with Crippen molar-refractivity contribution in [1.29, 1.82) is 0 Å². The van der Waals surface area contributed by atoms with E-state index in [1.165, 1.54) is 0 Å². The topological polar surface area (TPSA) is 46.9 Å². The maximum atomic E-state index is 11.7. The maximum absolute atomic E-state index is 11.7. The molecule has 4 nitrogen and oxygen atoms in total. The van der Waals surface area contributed by atoms with Crippen molar-refractivity contribution in [2.45, 2.75) is 13.1 Å². The average Bonchev–Trinajstić information content (AvgIpc) is 2.72. The van der Waals surface area contributed by atoms with E-state index in [4.69, 9.17) is 11.6 Å². The Morgan fingerprint density at radius 2 is 2.33 bits per heavy atom. The summed E-state index contributed by atoms with van der Waals surface area (Å²) in [5, 5.41) is 7.49. The number of nitrogens with zero attached hydrogens (tertiary/aromatic N) is 2. The van der Waals surface area contributed by atoms with E-state index >= 15 is 0 Å². The minimum atomic E-state index is -0.0921. The van der Waals surface area contributed by atoms with Crippen molar-refractivity contribution in [2.75, 3.05) is 0 Å². The number of hydrogen-bond acceptors (Lipinski definition) is 2. The van der Waals surface area contributed by atoms with Gasteiger partial charge in [-0.1, -0.05) is 23.7 Å². The highest BCUT2D eigenvalue weighted by molar-refractivity contribution is 9.10. The molecule has 1 heterocycles. The number of amides is 1. The molecule has 1 N–H and O–H groups in total. The molecule has 0 unspecified atom stereocenters. The van der Waals surface area contributed by atoms with Crippen LogP contribution in [0.4, 0.5) is 0 Å². The molecule has 1 aromatic carbocycles. The number of nitrogens with one attached hydrogen (secondary N) is 1. The molecule has 0 aliphatic heterocycles. The van der Waals surface area contributed by atoms with Gasteiger partial charge < -0.3 is 5.32 Å². The molecule has 0 spiro atoms. The van der Waals surface area contributed by atoms with E-state index in [1.54, 1.807) is 23.1 Å². The Bertz CT molecular complexity index is 556. The predicted octanol–water partition coefficient (Wildman–Crippen LogP) is 2.62. The van der Waals surface area contributed by atoms with Crippen LogP contribution in [0.5, 0.6) is 0 Å². The molecule has 0 saturated carbocycles. The van der Waals surface area contributed by atoms with E-state index in [1.807, 2.05) is 18.2 Å². The standard InChI is InChI=1S/C12H11BrClN3O/c13-10-6-16-17(7-10)8-12(18)15-5-9-2-1-3-11(14)4-9/h1-4,6-7H,5,8H2,(H,15,18). The third kappa shape index (κ3) is 3.85. The molecule has 2 rings (SSSR count). The Hall–Kier alpha value is -1.33. The number of carbonyl (C=O) groups excluding carboxylic acids is 1. The van der Waals surface area contributed by atoms with Crippen LogP contribution >= 0.6 is 27.5 Å². The molecule has 6 heteroatoms. The van der Waals surface area contributed by atoms with Crippen molar-refractivity contribution in [3.05, 3.63) is 51.7 Å². The van der Waals surface area contributed by atoms with Crippen LogP contribution in [0.25, 0.3) is 0 Å². The summed E-state index contributed by atoms with van der Waals surface area (Å²) in [6.45, 7) is 0.661. The van der Waals surface area contributed by atoms with E-state index in [2.05, 4.69) is 26.3 Å². The van der Waals surface area contributed by atoms with E-state index < -0.39 is 0 Å². The predicted molar refractivity (Wildman–Crippen MR) is 73.2 cm³/mol. The van der Waals surface area contributed by atoms with Crippen LogP contribution in [0.15, 0.2) is 41.1 Å². The summed E-state index contributed by atoms with van der Waals surface area (Å²) in [6.07, 6.45) is 3.39. The van der Waals surface area contributed by atoms with Crippen LogP contribution < -0.4 is 5.32 Å². The normalized spacial score (nSPS) is 10.3. The van der Waals surface area contributed by atoms with Gasteiger partial charge in [-0.2, -0.15) is 5.10 Å². The first-order valence-corrected chi connectivity index (χ1v) is 6.50. The zero-order valence-corrected chi connectivity index (χ0v) is 11.8. The highest BCUT2D eigenvalue weighted by Crippen LogP contribution is 2.10. The summed E-state index contributed by atoms with van der Waals surface area (Å²) in [6, 6.07) is 7.39. The lowest BCUT2D eigenvalue weighted by molar-refractivity contribution is -0.122. The summed E-state index contributed by atoms with van der Waals surface area (Å²) < 4.78 is 2.42. The molecule has 1 amide bonds. The van der Waals surface area contributed by atoms with Gasteiger partial charge in [-0.3, -0.25) is 9.48 Å². The molecule has 0 aliphatic rings. The Kier molecular flexibility index (Phi) is 4.38. The number of hydrogen-bond donors (Lipinski definition) is 1. The van der Waals surface area contributed by atoms with Gasteiger partial charge in [0, 0.05) is 17.8 Å². The SMILES string of the molecule is O=C(Cn1cc(Br)cn1)NCc1cccc(Cl)c1. The second kappa shape index (κ2) is 6.02. The van der Waals surface area contributed by atoms with Crippen molar-refractivity contribution in [3.63, 3.8) is 0 Å². The second-order valence-corrected chi connectivity index (χ2v) is 5.11. The van der Waals surface area contributed by atoms with E-state index in [0.717, 1.165) is 10.0 Å². The first-order chi connectivity index (χ1) is 8.63. The zero-order chi connectivity index (χ0) is 13.0. The van der Waals surface area contributed by atoms with Crippen molar-refractivity contribution in [1.82, 2.24) is 15.1 Å². The Morgan fingerprint density at radius 3 is 3.00 bits per heavy atom. The molecule has 0 fully saturated rings. The molecule has 1 aromatic heterocycles. The minimum absolute atomic E-state index is 0.0921. The molecule has 0 atom stereocenters. The highest BCUT2D eigenvalue weighted by atomic mass is 79.9. The summed E-state index contributed by atoms with van der Waals surface area (Å²) in [7, 11) is 0. The minimum Gasteiger partial charge on any atom is -0.350 e. The van der Waals surface area contributed by atoms with Crippen LogP contribution in [-0.4, -0.2) is 15.7 Å². The first-order valence-electron chi connectivity index (χ1n) is 5.32. The third-order valence-corrected chi connectivity index (χ3v) is 2.93. The molecule has 2 aromatic rings. The Labute approximate surface area is 118 Å². The maximum Gasteiger partial charge on any atom is 0.241 e. The van der Waals surface area contributed by atoms with Crippen molar-refractivity contribution < 1.29 is 4.79 Å². The lowest BCUT2D eigenvalue weighted by Gasteiger charge is -2.05. The van der Waals surface area contributed by atoms with Crippen LogP contribution in [0.2, 0.25) is 5.02 Å². The summed E-state index contributed by atoms with van der Waals surface area (Å²) in [4.78, 5) is 11.7. The average molecular weight is 329 g/mol. The molecule has 0 radical (unpaired) electrons. The molecule has 94 valence electrons. The molecule has 0 bridgehead atoms. The fourth-order valence-corrected chi connectivity index (χ4v) is 2.02. The van der Waals surface area contributed by atoms with Gasteiger partial charge in [0.05, 0.1) is 10.7 Å². The quantitative estimate of drug-likeness (QED) is 0.938. The molecule has 18 heavy (non-hydrogen) atoms. The Balaban J connectivity index is 1.85. The summed E-state index contributed by atoms with van der Waals surface area (Å²) in [5.74, 6) is -0.0921. The van der Waals surface area contributed by atoms with E-state index in [9.17, 15) is 4.79 Å². The molecule has 0 aliphatic carbocycles. The Morgan fingerprint density at radius 1 is 1.50 bits per heavy atom. The monoisotopic (exact) mass is 327 g/mol. The van der Waals surface area contributed by atoms with Crippen molar-refractivity contribution in [2.24, 2.45) is 0 Å². The van der Waals surface area contributed by atoms with Gasteiger partial charge in [-0.05, 0) is 33.6 Å². The molecule has 0 saturated heterocycles. The lowest BCUT2D eigenvalue weighted by Crippen LogP contribution is -2.27. The van der Waals surface area contributed by atoms with Gasteiger partial charge in [0.15, 0.2) is 0 Å². The van der Waals surface area contributed by atoms with E-state index in [0.29, 0.717) is 11.6 Å². The first kappa shape index (κ1) is 13.1. The van der Waals surface area contributed by atoms with Gasteiger partial charge in [-0.25, -0.2) is 0 Å². The van der Waals surface area contributed by atoms with Crippen molar-refractivity contribution in [3.8, 4) is 0 Å². The van der Waals surface area contributed by atoms with Crippen LogP contribution in [0.3, 0.4) is 0 Å². The smallest absolute Gasteiger partial charge is 0.241 e. The highest BCUT2D eigenvalue weighted by Gasteiger charge is 2.04. The van der Waals surface area contributed by atoms with Gasteiger partial charge in [0.1, 0.15) is 6.54 Å². The largest absolute Gasteiger partial charge is 0.350 e. The number of benzene rings is 1. The summed E-state index contributed by atoms with van der Waals surface area (Å²) >= 11 is 9.14. The zero-order valence-electron chi connectivity index (χ0n) is 9.44. The number of halogens is 2. The van der Waals surface area contributed by atoms with Gasteiger partial charge >= 0.3 is 0 Å². The number of carbonyl (C=O) groups is 1. The van der Waals surface area contributed by atoms with Crippen LogP contribution in [0.1, 0.15) is 5.56 Å². The fraction of sp³-hybridized carbons (Fsp3) is 0.167. The third-order valence-electron chi connectivity index (χ3n) is 2.29. The van der Waals surface area contributed by atoms with Gasteiger partial charge in [0.25, 0.3) is 0 Å². The van der Waals surface area contributed by atoms with Gasteiger partial charge in [0.2, 0.25) is 5.91 Å². The lowest BCUT2D eigenvalue weighted by atomic mass is 10.2. The van der Waals surface area contributed by atoms with Gasteiger partial charge in [-0.15, -0.1) is 0 Å². The second-order valence-electron chi connectivity index (χ2n) is 3.76. The number of aromatic nitrogens is 2. The fourth-order valence-electron chi connectivity index (χ4n) is 1.48. The molecular formula is C12H11BrClN3O. The van der Waals surface area contributed by atoms with Crippen LogP contribution in [-0.2, 0) is 17.9 Å². The molecular weight excluding hydrogens is 318 g/mol. The summed E-state index contributed by atoms with van der Waals surface area (Å²) in [5.41, 5.74) is 0.970. The number of rotatable bonds is 4.